The Kier molecular flexibility index (Phi) is 6.73. The van der Waals surface area contributed by atoms with Gasteiger partial charge in [-0.2, -0.15) is 0 Å². The molecule has 2 aliphatic heterocycles. The molecule has 0 bridgehead atoms. The van der Waals surface area contributed by atoms with Gasteiger partial charge in [0.15, 0.2) is 0 Å². The van der Waals surface area contributed by atoms with Crippen LogP contribution in [-0.4, -0.2) is 36.5 Å². The highest BCUT2D eigenvalue weighted by Crippen LogP contribution is 2.24. The molecular formula is C26H35N3O. The lowest BCUT2D eigenvalue weighted by molar-refractivity contribution is 0.102. The minimum atomic E-state index is -0.0442. The van der Waals surface area contributed by atoms with Crippen molar-refractivity contribution in [2.24, 2.45) is 5.92 Å². The van der Waals surface area contributed by atoms with E-state index in [2.05, 4.69) is 53.2 Å². The van der Waals surface area contributed by atoms with Gasteiger partial charge in [0, 0.05) is 42.6 Å². The van der Waals surface area contributed by atoms with E-state index in [-0.39, 0.29) is 5.91 Å². The number of hydrogen-bond acceptors (Lipinski definition) is 3. The molecule has 1 amide bonds. The van der Waals surface area contributed by atoms with Crippen molar-refractivity contribution in [3.8, 4) is 0 Å². The molecule has 2 aliphatic rings. The largest absolute Gasteiger partial charge is 0.372 e. The maximum absolute atomic E-state index is 12.8. The van der Waals surface area contributed by atoms with Crippen LogP contribution >= 0.6 is 0 Å². The molecule has 0 saturated carbocycles. The number of rotatable bonds is 5. The first-order valence-corrected chi connectivity index (χ1v) is 11.6. The summed E-state index contributed by atoms with van der Waals surface area (Å²) in [6.45, 7) is 8.98. The van der Waals surface area contributed by atoms with Gasteiger partial charge in [0.25, 0.3) is 5.91 Å². The zero-order chi connectivity index (χ0) is 20.9. The van der Waals surface area contributed by atoms with Crippen molar-refractivity contribution in [3.63, 3.8) is 0 Å². The van der Waals surface area contributed by atoms with E-state index in [1.165, 1.54) is 49.9 Å². The fourth-order valence-electron chi connectivity index (χ4n) is 4.67. The van der Waals surface area contributed by atoms with E-state index in [0.29, 0.717) is 11.6 Å². The number of carbonyl (C=O) groups is 1. The van der Waals surface area contributed by atoms with Crippen LogP contribution in [0.1, 0.15) is 61.9 Å². The molecule has 2 heterocycles. The molecule has 4 heteroatoms. The van der Waals surface area contributed by atoms with Crippen LogP contribution < -0.4 is 10.2 Å². The van der Waals surface area contributed by atoms with Gasteiger partial charge in [0.2, 0.25) is 0 Å². The van der Waals surface area contributed by atoms with Crippen LogP contribution in [-0.2, 0) is 6.54 Å². The van der Waals surface area contributed by atoms with Gasteiger partial charge in [-0.15, -0.1) is 0 Å². The molecule has 0 unspecified atom stereocenters. The van der Waals surface area contributed by atoms with Gasteiger partial charge in [-0.05, 0) is 87.0 Å². The Balaban J connectivity index is 1.36. The summed E-state index contributed by atoms with van der Waals surface area (Å²) in [5, 5.41) is 3.08. The third-order valence-electron chi connectivity index (χ3n) is 6.79. The SMILES string of the molecule is CC1CCN(c2ccc(C(=O)Nc3cccc(CN4CCCC[C@H]4C)c3)cc2)CC1. The predicted octanol–water partition coefficient (Wildman–Crippen LogP) is 5.55. The second-order valence-electron chi connectivity index (χ2n) is 9.19. The van der Waals surface area contributed by atoms with Crippen molar-refractivity contribution in [2.45, 2.75) is 58.5 Å². The molecule has 160 valence electrons. The van der Waals surface area contributed by atoms with Gasteiger partial charge < -0.3 is 10.2 Å². The molecular weight excluding hydrogens is 370 g/mol. The van der Waals surface area contributed by atoms with Gasteiger partial charge in [-0.3, -0.25) is 9.69 Å². The summed E-state index contributed by atoms with van der Waals surface area (Å²) in [6, 6.07) is 17.0. The lowest BCUT2D eigenvalue weighted by Gasteiger charge is -2.33. The van der Waals surface area contributed by atoms with E-state index in [1.54, 1.807) is 0 Å². The van der Waals surface area contributed by atoms with E-state index >= 15 is 0 Å². The van der Waals surface area contributed by atoms with Crippen LogP contribution in [0.25, 0.3) is 0 Å². The number of hydrogen-bond donors (Lipinski definition) is 1. The highest BCUT2D eigenvalue weighted by atomic mass is 16.1. The van der Waals surface area contributed by atoms with Crippen molar-refractivity contribution < 1.29 is 4.79 Å². The summed E-state index contributed by atoms with van der Waals surface area (Å²) >= 11 is 0. The first-order valence-electron chi connectivity index (χ1n) is 11.6. The van der Waals surface area contributed by atoms with Gasteiger partial charge in [-0.25, -0.2) is 0 Å². The van der Waals surface area contributed by atoms with Crippen molar-refractivity contribution in [1.82, 2.24) is 4.90 Å². The normalized spacial score (nSPS) is 20.9. The zero-order valence-electron chi connectivity index (χ0n) is 18.4. The van der Waals surface area contributed by atoms with Gasteiger partial charge in [0.1, 0.15) is 0 Å². The van der Waals surface area contributed by atoms with Crippen molar-refractivity contribution in [3.05, 3.63) is 59.7 Å². The molecule has 2 aromatic carbocycles. The highest BCUT2D eigenvalue weighted by Gasteiger charge is 2.19. The fraction of sp³-hybridized carbons (Fsp3) is 0.500. The third-order valence-corrected chi connectivity index (χ3v) is 6.79. The van der Waals surface area contributed by atoms with Gasteiger partial charge in [0.05, 0.1) is 0 Å². The van der Waals surface area contributed by atoms with Gasteiger partial charge in [-0.1, -0.05) is 25.5 Å². The Hall–Kier alpha value is -2.33. The van der Waals surface area contributed by atoms with Gasteiger partial charge >= 0.3 is 0 Å². The van der Waals surface area contributed by atoms with Crippen LogP contribution in [0.3, 0.4) is 0 Å². The Morgan fingerprint density at radius 3 is 2.47 bits per heavy atom. The van der Waals surface area contributed by atoms with Crippen molar-refractivity contribution in [1.29, 1.82) is 0 Å². The lowest BCUT2D eigenvalue weighted by Crippen LogP contribution is -2.36. The van der Waals surface area contributed by atoms with Crippen LogP contribution in [0.5, 0.6) is 0 Å². The molecule has 0 aromatic heterocycles. The molecule has 4 nitrogen and oxygen atoms in total. The number of benzene rings is 2. The fourth-order valence-corrected chi connectivity index (χ4v) is 4.67. The summed E-state index contributed by atoms with van der Waals surface area (Å²) in [5.41, 5.74) is 4.06. The maximum atomic E-state index is 12.8. The molecule has 1 N–H and O–H groups in total. The molecule has 0 spiro atoms. The quantitative estimate of drug-likeness (QED) is 0.708. The summed E-state index contributed by atoms with van der Waals surface area (Å²) < 4.78 is 0. The first-order chi connectivity index (χ1) is 14.6. The van der Waals surface area contributed by atoms with E-state index in [0.717, 1.165) is 31.2 Å². The number of likely N-dealkylation sites (tertiary alicyclic amines) is 1. The van der Waals surface area contributed by atoms with Crippen LogP contribution in [0.2, 0.25) is 0 Å². The van der Waals surface area contributed by atoms with E-state index in [1.807, 2.05) is 24.3 Å². The summed E-state index contributed by atoms with van der Waals surface area (Å²) in [5.74, 6) is 0.775. The second-order valence-corrected chi connectivity index (χ2v) is 9.19. The third kappa shape index (κ3) is 5.23. The lowest BCUT2D eigenvalue weighted by atomic mass is 9.98. The predicted molar refractivity (Wildman–Crippen MR) is 125 cm³/mol. The topological polar surface area (TPSA) is 35.6 Å². The van der Waals surface area contributed by atoms with Crippen molar-refractivity contribution in [2.75, 3.05) is 29.9 Å². The molecule has 0 radical (unpaired) electrons. The van der Waals surface area contributed by atoms with E-state index < -0.39 is 0 Å². The second kappa shape index (κ2) is 9.65. The molecule has 2 saturated heterocycles. The number of amides is 1. The molecule has 1 atom stereocenters. The summed E-state index contributed by atoms with van der Waals surface area (Å²) in [6.07, 6.45) is 6.39. The van der Waals surface area contributed by atoms with Crippen molar-refractivity contribution >= 4 is 17.3 Å². The monoisotopic (exact) mass is 405 g/mol. The van der Waals surface area contributed by atoms with Crippen LogP contribution in [0.4, 0.5) is 11.4 Å². The Bertz CT molecular complexity index is 840. The number of carbonyl (C=O) groups excluding carboxylic acids is 1. The number of anilines is 2. The molecule has 0 aliphatic carbocycles. The number of piperidine rings is 2. The number of nitrogens with one attached hydrogen (secondary N) is 1. The van der Waals surface area contributed by atoms with Crippen LogP contribution in [0, 0.1) is 5.92 Å². The van der Waals surface area contributed by atoms with Crippen LogP contribution in [0.15, 0.2) is 48.5 Å². The summed E-state index contributed by atoms with van der Waals surface area (Å²) in [7, 11) is 0. The Morgan fingerprint density at radius 1 is 0.967 bits per heavy atom. The maximum Gasteiger partial charge on any atom is 0.255 e. The summed E-state index contributed by atoms with van der Waals surface area (Å²) in [4.78, 5) is 17.7. The minimum absolute atomic E-state index is 0.0442. The first kappa shape index (κ1) is 20.9. The average molecular weight is 406 g/mol. The minimum Gasteiger partial charge on any atom is -0.372 e. The highest BCUT2D eigenvalue weighted by molar-refractivity contribution is 6.04. The Labute approximate surface area is 181 Å². The molecule has 4 rings (SSSR count). The zero-order valence-corrected chi connectivity index (χ0v) is 18.4. The molecule has 2 fully saturated rings. The molecule has 2 aromatic rings. The van der Waals surface area contributed by atoms with E-state index in [9.17, 15) is 4.79 Å². The smallest absolute Gasteiger partial charge is 0.255 e. The standard InChI is InChI=1S/C26H35N3O/c1-20-13-16-28(17-14-20)25-11-9-23(10-12-25)26(30)27-24-8-5-7-22(18-24)19-29-15-4-3-6-21(29)2/h5,7-12,18,20-21H,3-4,6,13-17,19H2,1-2H3,(H,27,30)/t21-/m1/s1. The molecule has 30 heavy (non-hydrogen) atoms. The number of nitrogens with zero attached hydrogens (tertiary/aromatic N) is 2. The average Bonchev–Trinajstić information content (AvgIpc) is 2.76. The van der Waals surface area contributed by atoms with E-state index in [4.69, 9.17) is 0 Å². The Morgan fingerprint density at radius 2 is 1.73 bits per heavy atom.